The quantitative estimate of drug-likeness (QED) is 0.173. The molecule has 0 fully saturated rings. The SMILES string of the molecule is c1cncc(-c2ccc(-c3cc(-c4ccc(-c5cccc6ccccc56)cc4)nc(-c4ccc5c(c4)-c4ccccc4-c4ccccc4C54c5ccccc5-c5ccccc54)n3)cc2)c1. The maximum Gasteiger partial charge on any atom is 0.160 e. The smallest absolute Gasteiger partial charge is 0.160 e. The molecule has 9 aromatic carbocycles. The van der Waals surface area contributed by atoms with Gasteiger partial charge in [0.1, 0.15) is 0 Å². The molecular formula is C62H39N3. The molecule has 2 heterocycles. The summed E-state index contributed by atoms with van der Waals surface area (Å²) >= 11 is 0. The Morgan fingerprint density at radius 3 is 1.40 bits per heavy atom. The lowest BCUT2D eigenvalue weighted by Crippen LogP contribution is -2.29. The fourth-order valence-corrected chi connectivity index (χ4v) is 10.7. The van der Waals surface area contributed by atoms with Crippen LogP contribution in [0.25, 0.3) is 100 Å². The van der Waals surface area contributed by atoms with Crippen LogP contribution < -0.4 is 0 Å². The highest BCUT2D eigenvalue weighted by Crippen LogP contribution is 2.61. The van der Waals surface area contributed by atoms with Crippen LogP contribution in [0.15, 0.2) is 237 Å². The number of aromatic nitrogens is 3. The Morgan fingerprint density at radius 2 is 0.769 bits per heavy atom. The number of hydrogen-bond donors (Lipinski definition) is 0. The van der Waals surface area contributed by atoms with E-state index in [1.54, 1.807) is 0 Å². The second-order valence-electron chi connectivity index (χ2n) is 17.1. The molecule has 13 rings (SSSR count). The Hall–Kier alpha value is -8.53. The Kier molecular flexibility index (Phi) is 8.44. The fraction of sp³-hybridized carbons (Fsp3) is 0.0161. The summed E-state index contributed by atoms with van der Waals surface area (Å²) in [4.78, 5) is 15.2. The number of pyridine rings is 1. The van der Waals surface area contributed by atoms with Crippen molar-refractivity contribution < 1.29 is 0 Å². The molecule has 0 saturated heterocycles. The summed E-state index contributed by atoms with van der Waals surface area (Å²) in [5.41, 5.74) is 21.3. The molecule has 11 aromatic rings. The van der Waals surface area contributed by atoms with E-state index in [1.807, 2.05) is 18.5 Å². The lowest BCUT2D eigenvalue weighted by Gasteiger charge is -2.35. The summed E-state index contributed by atoms with van der Waals surface area (Å²) in [6, 6.07) is 81.6. The first-order chi connectivity index (χ1) is 32.2. The van der Waals surface area contributed by atoms with Crippen molar-refractivity contribution in [2.45, 2.75) is 5.41 Å². The van der Waals surface area contributed by atoms with Gasteiger partial charge in [0.05, 0.1) is 16.8 Å². The zero-order valence-electron chi connectivity index (χ0n) is 35.4. The Balaban J connectivity index is 1.02. The van der Waals surface area contributed by atoms with Gasteiger partial charge in [0.15, 0.2) is 5.82 Å². The molecule has 3 heteroatoms. The second kappa shape index (κ2) is 14.8. The minimum Gasteiger partial charge on any atom is -0.264 e. The molecular weight excluding hydrogens is 787 g/mol. The predicted molar refractivity (Wildman–Crippen MR) is 266 cm³/mol. The van der Waals surface area contributed by atoms with Gasteiger partial charge in [0, 0.05) is 29.1 Å². The molecule has 65 heavy (non-hydrogen) atoms. The highest BCUT2D eigenvalue weighted by molar-refractivity contribution is 5.99. The van der Waals surface area contributed by atoms with Crippen LogP contribution in [0.1, 0.15) is 22.3 Å². The molecule has 0 radical (unpaired) electrons. The van der Waals surface area contributed by atoms with E-state index >= 15 is 0 Å². The molecule has 0 aliphatic heterocycles. The van der Waals surface area contributed by atoms with Crippen molar-refractivity contribution in [2.75, 3.05) is 0 Å². The summed E-state index contributed by atoms with van der Waals surface area (Å²) in [7, 11) is 0. The molecule has 2 aliphatic carbocycles. The first-order valence-electron chi connectivity index (χ1n) is 22.2. The first-order valence-corrected chi connectivity index (χ1v) is 22.2. The average Bonchev–Trinajstić information content (AvgIpc) is 3.63. The molecule has 2 aliphatic rings. The zero-order chi connectivity index (χ0) is 42.9. The van der Waals surface area contributed by atoms with Crippen LogP contribution in [0.2, 0.25) is 0 Å². The summed E-state index contributed by atoms with van der Waals surface area (Å²) in [6.07, 6.45) is 3.71. The van der Waals surface area contributed by atoms with E-state index in [4.69, 9.17) is 9.97 Å². The molecule has 0 bridgehead atoms. The summed E-state index contributed by atoms with van der Waals surface area (Å²) in [5, 5.41) is 2.47. The molecule has 1 spiro atoms. The van der Waals surface area contributed by atoms with Crippen molar-refractivity contribution in [3.05, 3.63) is 259 Å². The molecule has 3 nitrogen and oxygen atoms in total. The number of benzene rings is 9. The Bertz CT molecular complexity index is 3590. The number of fused-ring (bicyclic) bond motifs is 13. The van der Waals surface area contributed by atoms with Crippen LogP contribution in [0.4, 0.5) is 0 Å². The van der Waals surface area contributed by atoms with E-state index in [0.29, 0.717) is 5.82 Å². The maximum absolute atomic E-state index is 5.43. The van der Waals surface area contributed by atoms with Gasteiger partial charge in [-0.1, -0.05) is 206 Å². The van der Waals surface area contributed by atoms with Crippen molar-refractivity contribution in [2.24, 2.45) is 0 Å². The third-order valence-corrected chi connectivity index (χ3v) is 13.7. The van der Waals surface area contributed by atoms with Gasteiger partial charge in [-0.05, 0) is 107 Å². The van der Waals surface area contributed by atoms with Crippen LogP contribution in [0.5, 0.6) is 0 Å². The third-order valence-electron chi connectivity index (χ3n) is 13.7. The van der Waals surface area contributed by atoms with Gasteiger partial charge in [-0.3, -0.25) is 4.98 Å². The van der Waals surface area contributed by atoms with Crippen LogP contribution in [-0.4, -0.2) is 15.0 Å². The van der Waals surface area contributed by atoms with Gasteiger partial charge in [0.2, 0.25) is 0 Å². The van der Waals surface area contributed by atoms with Crippen LogP contribution in [0, 0.1) is 0 Å². The van der Waals surface area contributed by atoms with Crippen molar-refractivity contribution in [1.29, 1.82) is 0 Å². The number of hydrogen-bond acceptors (Lipinski definition) is 3. The first kappa shape index (κ1) is 37.1. The zero-order valence-corrected chi connectivity index (χ0v) is 35.4. The maximum atomic E-state index is 5.43. The van der Waals surface area contributed by atoms with Crippen molar-refractivity contribution in [3.63, 3.8) is 0 Å². The summed E-state index contributed by atoms with van der Waals surface area (Å²) in [6.45, 7) is 0. The standard InChI is InChI=1S/C62H39N3/c1-2-16-47-41(13-1)14-11-22-48(47)42-28-32-44(33-29-42)60-38-59(43-30-26-40(27-31-43)46-15-12-36-63-39-46)64-61(65-60)45-34-35-58-54(37-45)50-18-4-3-17-49(50)51-19-5-8-23-55(51)62(58)56-24-9-6-20-52(56)53-21-7-10-25-57(53)62/h1-39H. The van der Waals surface area contributed by atoms with Crippen LogP contribution in [0.3, 0.4) is 0 Å². The lowest BCUT2D eigenvalue weighted by atomic mass is 9.66. The average molecular weight is 826 g/mol. The van der Waals surface area contributed by atoms with Gasteiger partial charge in [-0.15, -0.1) is 0 Å². The highest BCUT2D eigenvalue weighted by atomic mass is 14.9. The van der Waals surface area contributed by atoms with E-state index in [1.165, 1.54) is 77.5 Å². The second-order valence-corrected chi connectivity index (χ2v) is 17.1. The highest BCUT2D eigenvalue weighted by Gasteiger charge is 2.49. The third kappa shape index (κ3) is 5.79. The lowest BCUT2D eigenvalue weighted by molar-refractivity contribution is 0.775. The summed E-state index contributed by atoms with van der Waals surface area (Å²) < 4.78 is 0. The van der Waals surface area contributed by atoms with Crippen molar-refractivity contribution in [1.82, 2.24) is 15.0 Å². The van der Waals surface area contributed by atoms with E-state index in [9.17, 15) is 0 Å². The molecule has 0 N–H and O–H groups in total. The topological polar surface area (TPSA) is 38.7 Å². The molecule has 0 unspecified atom stereocenters. The van der Waals surface area contributed by atoms with Crippen LogP contribution >= 0.6 is 0 Å². The van der Waals surface area contributed by atoms with Gasteiger partial charge in [-0.25, -0.2) is 9.97 Å². The minimum absolute atomic E-state index is 0.549. The van der Waals surface area contributed by atoms with E-state index in [0.717, 1.165) is 39.2 Å². The molecule has 302 valence electrons. The van der Waals surface area contributed by atoms with Gasteiger partial charge >= 0.3 is 0 Å². The molecule has 0 amide bonds. The number of rotatable bonds is 5. The summed E-state index contributed by atoms with van der Waals surface area (Å²) in [5.74, 6) is 0.676. The van der Waals surface area contributed by atoms with Crippen molar-refractivity contribution >= 4 is 10.8 Å². The fourth-order valence-electron chi connectivity index (χ4n) is 10.7. The monoisotopic (exact) mass is 825 g/mol. The molecule has 0 atom stereocenters. The van der Waals surface area contributed by atoms with Crippen molar-refractivity contribution in [3.8, 4) is 89.5 Å². The van der Waals surface area contributed by atoms with Gasteiger partial charge in [0.25, 0.3) is 0 Å². The normalized spacial score (nSPS) is 12.7. The van der Waals surface area contributed by atoms with E-state index in [-0.39, 0.29) is 0 Å². The Morgan fingerprint density at radius 1 is 0.292 bits per heavy atom. The largest absolute Gasteiger partial charge is 0.264 e. The predicted octanol–water partition coefficient (Wildman–Crippen LogP) is 15.4. The van der Waals surface area contributed by atoms with Gasteiger partial charge < -0.3 is 0 Å². The van der Waals surface area contributed by atoms with E-state index in [2.05, 4.69) is 223 Å². The van der Waals surface area contributed by atoms with Crippen LogP contribution in [-0.2, 0) is 5.41 Å². The number of nitrogens with zero attached hydrogens (tertiary/aromatic N) is 3. The Labute approximate surface area is 378 Å². The van der Waals surface area contributed by atoms with Gasteiger partial charge in [-0.2, -0.15) is 0 Å². The minimum atomic E-state index is -0.549. The molecule has 2 aromatic heterocycles. The molecule has 0 saturated carbocycles. The van der Waals surface area contributed by atoms with E-state index < -0.39 is 5.41 Å².